The monoisotopic (exact) mass is 488 g/mol. The molecule has 31 heavy (non-hydrogen) atoms. The Morgan fingerprint density at radius 1 is 1.10 bits per heavy atom. The van der Waals surface area contributed by atoms with Crippen molar-refractivity contribution in [3.05, 3.63) is 76.5 Å². The highest BCUT2D eigenvalue weighted by Gasteiger charge is 2.29. The molecule has 160 valence electrons. The van der Waals surface area contributed by atoms with Crippen molar-refractivity contribution in [1.82, 2.24) is 14.9 Å². The lowest BCUT2D eigenvalue weighted by Crippen LogP contribution is -2.54. The second-order valence-electron chi connectivity index (χ2n) is 7.17. The van der Waals surface area contributed by atoms with Crippen molar-refractivity contribution < 1.29 is 18.3 Å². The standard InChI is InChI=1S/C22H19BrF2N4O2/c1-14-12-28(8-9-29(14)22(30)16-4-2-3-5-17(16)23)20-11-21(27-13-26-20)31-15-6-7-18(24)19(25)10-15/h2-7,10-11,13-14H,8-9,12H2,1H3/t14-/m0/s1. The number of nitrogens with zero attached hydrogens (tertiary/aromatic N) is 4. The second kappa shape index (κ2) is 8.97. The number of benzene rings is 2. The third-order valence-electron chi connectivity index (χ3n) is 5.06. The third kappa shape index (κ3) is 4.66. The number of rotatable bonds is 4. The van der Waals surface area contributed by atoms with E-state index < -0.39 is 11.6 Å². The Hall–Kier alpha value is -3.07. The van der Waals surface area contributed by atoms with Gasteiger partial charge in [-0.25, -0.2) is 18.7 Å². The van der Waals surface area contributed by atoms with Crippen LogP contribution in [0.15, 0.2) is 59.3 Å². The average molecular weight is 489 g/mol. The van der Waals surface area contributed by atoms with E-state index in [1.165, 1.54) is 12.4 Å². The van der Waals surface area contributed by atoms with Crippen LogP contribution in [0.2, 0.25) is 0 Å². The molecule has 2 aromatic carbocycles. The Kier molecular flexibility index (Phi) is 6.13. The van der Waals surface area contributed by atoms with Crippen LogP contribution in [-0.4, -0.2) is 46.5 Å². The molecule has 0 aliphatic carbocycles. The molecular formula is C22H19BrF2N4O2. The SMILES string of the molecule is C[C@H]1CN(c2cc(Oc3ccc(F)c(F)c3)ncn2)CCN1C(=O)c1ccccc1Br. The summed E-state index contributed by atoms with van der Waals surface area (Å²) in [6, 6.07) is 12.3. The van der Waals surface area contributed by atoms with Crippen molar-refractivity contribution in [2.75, 3.05) is 24.5 Å². The van der Waals surface area contributed by atoms with E-state index >= 15 is 0 Å². The minimum absolute atomic E-state index is 0.0235. The highest BCUT2D eigenvalue weighted by atomic mass is 79.9. The first-order valence-corrected chi connectivity index (χ1v) is 10.5. The summed E-state index contributed by atoms with van der Waals surface area (Å²) in [5.41, 5.74) is 0.632. The Morgan fingerprint density at radius 2 is 1.90 bits per heavy atom. The van der Waals surface area contributed by atoms with Crippen LogP contribution in [0.25, 0.3) is 0 Å². The smallest absolute Gasteiger partial charge is 0.255 e. The van der Waals surface area contributed by atoms with Gasteiger partial charge in [0.15, 0.2) is 11.6 Å². The summed E-state index contributed by atoms with van der Waals surface area (Å²) in [4.78, 5) is 25.2. The quantitative estimate of drug-likeness (QED) is 0.534. The minimum Gasteiger partial charge on any atom is -0.439 e. The first kappa shape index (κ1) is 21.2. The summed E-state index contributed by atoms with van der Waals surface area (Å²) in [7, 11) is 0. The molecule has 0 unspecified atom stereocenters. The molecule has 1 aromatic heterocycles. The van der Waals surface area contributed by atoms with Gasteiger partial charge in [0.2, 0.25) is 5.88 Å². The normalized spacial score (nSPS) is 16.3. The van der Waals surface area contributed by atoms with E-state index in [0.717, 1.165) is 16.6 Å². The molecule has 6 nitrogen and oxygen atoms in total. The van der Waals surface area contributed by atoms with Gasteiger partial charge in [-0.15, -0.1) is 0 Å². The van der Waals surface area contributed by atoms with Gasteiger partial charge >= 0.3 is 0 Å². The van der Waals surface area contributed by atoms with Crippen LogP contribution in [0.4, 0.5) is 14.6 Å². The molecule has 1 amide bonds. The zero-order valence-electron chi connectivity index (χ0n) is 16.6. The maximum atomic E-state index is 13.4. The molecule has 1 aliphatic rings. The lowest BCUT2D eigenvalue weighted by Gasteiger charge is -2.40. The van der Waals surface area contributed by atoms with Crippen molar-refractivity contribution in [3.8, 4) is 11.6 Å². The first-order chi connectivity index (χ1) is 14.9. The van der Waals surface area contributed by atoms with Crippen LogP contribution < -0.4 is 9.64 Å². The molecule has 2 heterocycles. The van der Waals surface area contributed by atoms with E-state index in [9.17, 15) is 13.6 Å². The van der Waals surface area contributed by atoms with Crippen molar-refractivity contribution in [1.29, 1.82) is 0 Å². The molecule has 1 saturated heterocycles. The second-order valence-corrected chi connectivity index (χ2v) is 8.02. The van der Waals surface area contributed by atoms with Gasteiger partial charge in [0.1, 0.15) is 17.9 Å². The van der Waals surface area contributed by atoms with Gasteiger partial charge in [-0.05, 0) is 47.1 Å². The fraction of sp³-hybridized carbons (Fsp3) is 0.227. The zero-order valence-corrected chi connectivity index (χ0v) is 18.2. The van der Waals surface area contributed by atoms with Gasteiger partial charge in [-0.2, -0.15) is 0 Å². The number of ether oxygens (including phenoxy) is 1. The summed E-state index contributed by atoms with van der Waals surface area (Å²) >= 11 is 3.44. The van der Waals surface area contributed by atoms with Crippen LogP contribution in [0.5, 0.6) is 11.6 Å². The molecule has 0 saturated carbocycles. The number of carbonyl (C=O) groups is 1. The van der Waals surface area contributed by atoms with E-state index in [2.05, 4.69) is 25.9 Å². The molecule has 0 N–H and O–H groups in total. The molecule has 4 rings (SSSR count). The van der Waals surface area contributed by atoms with Gasteiger partial charge in [0, 0.05) is 42.3 Å². The van der Waals surface area contributed by atoms with E-state index in [1.54, 1.807) is 12.1 Å². The van der Waals surface area contributed by atoms with Crippen molar-refractivity contribution in [2.24, 2.45) is 0 Å². The van der Waals surface area contributed by atoms with Crippen LogP contribution in [0, 0.1) is 11.6 Å². The third-order valence-corrected chi connectivity index (χ3v) is 5.75. The number of hydrogen-bond donors (Lipinski definition) is 0. The Bertz CT molecular complexity index is 1110. The lowest BCUT2D eigenvalue weighted by atomic mass is 10.1. The molecule has 0 radical (unpaired) electrons. The number of amides is 1. The molecule has 0 bridgehead atoms. The highest BCUT2D eigenvalue weighted by Crippen LogP contribution is 2.26. The van der Waals surface area contributed by atoms with Crippen molar-refractivity contribution in [2.45, 2.75) is 13.0 Å². The number of halogens is 3. The Morgan fingerprint density at radius 3 is 2.65 bits per heavy atom. The van der Waals surface area contributed by atoms with E-state index in [1.807, 2.05) is 34.9 Å². The molecule has 3 aromatic rings. The minimum atomic E-state index is -0.994. The largest absolute Gasteiger partial charge is 0.439 e. The Balaban J connectivity index is 1.45. The molecule has 1 atom stereocenters. The Labute approximate surface area is 186 Å². The molecule has 1 aliphatic heterocycles. The first-order valence-electron chi connectivity index (χ1n) is 9.68. The maximum absolute atomic E-state index is 13.4. The van der Waals surface area contributed by atoms with Crippen LogP contribution in [0.1, 0.15) is 17.3 Å². The number of hydrogen-bond acceptors (Lipinski definition) is 5. The number of anilines is 1. The van der Waals surface area contributed by atoms with E-state index in [-0.39, 0.29) is 23.6 Å². The lowest BCUT2D eigenvalue weighted by molar-refractivity contribution is 0.0672. The predicted octanol–water partition coefficient (Wildman–Crippen LogP) is 4.66. The van der Waals surface area contributed by atoms with Gasteiger partial charge in [0.05, 0.1) is 5.56 Å². The van der Waals surface area contributed by atoms with E-state index in [4.69, 9.17) is 4.74 Å². The fourth-order valence-electron chi connectivity index (χ4n) is 3.48. The summed E-state index contributed by atoms with van der Waals surface area (Å²) in [5.74, 6) is -0.973. The summed E-state index contributed by atoms with van der Waals surface area (Å²) in [6.45, 7) is 3.69. The maximum Gasteiger partial charge on any atom is 0.255 e. The van der Waals surface area contributed by atoms with Crippen molar-refractivity contribution >= 4 is 27.7 Å². The number of carbonyl (C=O) groups excluding carboxylic acids is 1. The van der Waals surface area contributed by atoms with Gasteiger partial charge in [-0.3, -0.25) is 4.79 Å². The molecule has 0 spiro atoms. The zero-order chi connectivity index (χ0) is 22.0. The van der Waals surface area contributed by atoms with Gasteiger partial charge in [-0.1, -0.05) is 12.1 Å². The number of piperazine rings is 1. The summed E-state index contributed by atoms with van der Waals surface area (Å²) < 4.78 is 32.8. The van der Waals surface area contributed by atoms with Crippen LogP contribution >= 0.6 is 15.9 Å². The average Bonchev–Trinajstić information content (AvgIpc) is 2.76. The topological polar surface area (TPSA) is 58.6 Å². The number of aromatic nitrogens is 2. The van der Waals surface area contributed by atoms with Crippen molar-refractivity contribution in [3.63, 3.8) is 0 Å². The van der Waals surface area contributed by atoms with Crippen LogP contribution in [0.3, 0.4) is 0 Å². The van der Waals surface area contributed by atoms with Gasteiger partial charge in [0.25, 0.3) is 5.91 Å². The summed E-state index contributed by atoms with van der Waals surface area (Å²) in [6.07, 6.45) is 1.35. The van der Waals surface area contributed by atoms with Crippen LogP contribution in [-0.2, 0) is 0 Å². The highest BCUT2D eigenvalue weighted by molar-refractivity contribution is 9.10. The molecular weight excluding hydrogens is 470 g/mol. The fourth-order valence-corrected chi connectivity index (χ4v) is 3.93. The van der Waals surface area contributed by atoms with E-state index in [0.29, 0.717) is 31.0 Å². The summed E-state index contributed by atoms with van der Waals surface area (Å²) in [5, 5.41) is 0. The molecule has 9 heteroatoms. The van der Waals surface area contributed by atoms with Gasteiger partial charge < -0.3 is 14.5 Å². The predicted molar refractivity (Wildman–Crippen MR) is 115 cm³/mol. The molecule has 1 fully saturated rings.